The van der Waals surface area contributed by atoms with Crippen LogP contribution in [-0.4, -0.2) is 137 Å². The van der Waals surface area contributed by atoms with Gasteiger partial charge < -0.3 is 40.1 Å². The molecule has 0 bridgehead atoms. The third-order valence-electron chi connectivity index (χ3n) is 12.0. The molecule has 324 valence electrons. The molecule has 9 atom stereocenters. The third-order valence-corrected chi connectivity index (χ3v) is 12.0. The molecule has 57 heavy (non-hydrogen) atoms. The molecule has 14 heteroatoms. The highest BCUT2D eigenvalue weighted by molar-refractivity contribution is 5.90. The smallest absolute Gasteiger partial charge is 0.329 e. The largest absolute Gasteiger partial charge is 0.508 e. The van der Waals surface area contributed by atoms with Crippen molar-refractivity contribution in [1.29, 1.82) is 0 Å². The lowest BCUT2D eigenvalue weighted by atomic mass is 9.89. The SMILES string of the molecule is CCC(C)[C@@H]([C@@H](CC(=O)N1CCC[C@H]1[C@H](OC)[C@@H](C)C(=O)N[C@@](C)(Cc1ccc(O)cc1)C(=O)O)OC)N(C)C(=O)[C@@H](NC(=O)[C@H](C(C)C)N(C)C(C)C)C(C)C. The number of likely N-dealkylation sites (tertiary alicyclic amines) is 1. The zero-order valence-electron chi connectivity index (χ0n) is 37.0. The highest BCUT2D eigenvalue weighted by Crippen LogP contribution is 2.30. The van der Waals surface area contributed by atoms with E-state index in [4.69, 9.17) is 9.47 Å². The van der Waals surface area contributed by atoms with Crippen molar-refractivity contribution >= 4 is 29.6 Å². The van der Waals surface area contributed by atoms with Crippen LogP contribution in [0.15, 0.2) is 24.3 Å². The second-order valence-corrected chi connectivity index (χ2v) is 17.2. The van der Waals surface area contributed by atoms with Crippen molar-refractivity contribution in [2.45, 2.75) is 149 Å². The maximum Gasteiger partial charge on any atom is 0.329 e. The number of carbonyl (C=O) groups excluding carboxylic acids is 4. The molecule has 1 aliphatic heterocycles. The highest BCUT2D eigenvalue weighted by atomic mass is 16.5. The number of ether oxygens (including phenoxy) is 2. The number of aromatic hydroxyl groups is 1. The summed E-state index contributed by atoms with van der Waals surface area (Å²) in [5.74, 6) is -3.45. The Labute approximate surface area is 341 Å². The summed E-state index contributed by atoms with van der Waals surface area (Å²) in [4.78, 5) is 73.9. The molecule has 0 saturated carbocycles. The number of benzene rings is 1. The van der Waals surface area contributed by atoms with Crippen molar-refractivity contribution in [3.63, 3.8) is 0 Å². The molecule has 1 saturated heterocycles. The molecule has 0 spiro atoms. The van der Waals surface area contributed by atoms with Crippen LogP contribution >= 0.6 is 0 Å². The number of carbonyl (C=O) groups is 5. The van der Waals surface area contributed by atoms with Gasteiger partial charge in [-0.1, -0.05) is 67.0 Å². The Kier molecular flexibility index (Phi) is 18.9. The summed E-state index contributed by atoms with van der Waals surface area (Å²) in [6, 6.07) is 4.07. The summed E-state index contributed by atoms with van der Waals surface area (Å²) >= 11 is 0. The summed E-state index contributed by atoms with van der Waals surface area (Å²) in [5.41, 5.74) is -1.03. The average molecular weight is 804 g/mol. The molecule has 1 aromatic carbocycles. The molecule has 4 amide bonds. The fraction of sp³-hybridized carbons (Fsp3) is 0.744. The van der Waals surface area contributed by atoms with Gasteiger partial charge in [-0.3, -0.25) is 24.1 Å². The van der Waals surface area contributed by atoms with Gasteiger partial charge in [-0.15, -0.1) is 0 Å². The summed E-state index contributed by atoms with van der Waals surface area (Å²) in [5, 5.41) is 25.6. The van der Waals surface area contributed by atoms with Gasteiger partial charge >= 0.3 is 5.97 Å². The van der Waals surface area contributed by atoms with Crippen LogP contribution in [0.4, 0.5) is 0 Å². The number of carboxylic acid groups (broad SMARTS) is 1. The Morgan fingerprint density at radius 1 is 0.930 bits per heavy atom. The van der Waals surface area contributed by atoms with Crippen LogP contribution in [0, 0.1) is 23.7 Å². The maximum absolute atomic E-state index is 14.4. The molecule has 1 aromatic rings. The molecule has 2 rings (SSSR count). The van der Waals surface area contributed by atoms with Crippen LogP contribution in [0.5, 0.6) is 5.75 Å². The molecule has 1 aliphatic rings. The first kappa shape index (κ1) is 49.4. The van der Waals surface area contributed by atoms with Gasteiger partial charge in [0.05, 0.1) is 42.7 Å². The molecule has 14 nitrogen and oxygen atoms in total. The Hall–Kier alpha value is -3.75. The number of amides is 4. The molecule has 4 N–H and O–H groups in total. The van der Waals surface area contributed by atoms with Gasteiger partial charge in [0.15, 0.2) is 0 Å². The Bertz CT molecular complexity index is 1490. The fourth-order valence-corrected chi connectivity index (χ4v) is 8.14. The monoisotopic (exact) mass is 804 g/mol. The zero-order valence-corrected chi connectivity index (χ0v) is 37.0. The van der Waals surface area contributed by atoms with E-state index >= 15 is 0 Å². The molecular weight excluding hydrogens is 730 g/mol. The zero-order chi connectivity index (χ0) is 43.5. The average Bonchev–Trinajstić information content (AvgIpc) is 3.63. The van der Waals surface area contributed by atoms with E-state index in [0.717, 1.165) is 0 Å². The topological polar surface area (TPSA) is 178 Å². The van der Waals surface area contributed by atoms with Crippen molar-refractivity contribution in [3.8, 4) is 5.75 Å². The summed E-state index contributed by atoms with van der Waals surface area (Å²) in [7, 11) is 6.64. The van der Waals surface area contributed by atoms with E-state index in [1.54, 1.807) is 35.9 Å². The summed E-state index contributed by atoms with van der Waals surface area (Å²) in [6.07, 6.45) is 0.498. The first-order valence-electron chi connectivity index (χ1n) is 20.5. The lowest BCUT2D eigenvalue weighted by Gasteiger charge is -2.41. The molecule has 0 aliphatic carbocycles. The number of nitrogens with zero attached hydrogens (tertiary/aromatic N) is 3. The van der Waals surface area contributed by atoms with Crippen LogP contribution in [-0.2, 0) is 39.9 Å². The van der Waals surface area contributed by atoms with Crippen LogP contribution in [0.25, 0.3) is 0 Å². The molecule has 0 aromatic heterocycles. The number of carboxylic acids is 1. The lowest BCUT2D eigenvalue weighted by molar-refractivity contribution is -0.150. The number of aliphatic carboxylic acids is 1. The standard InChI is InChI=1S/C43H73N5O9/c1-15-28(8)37(47(12)41(53)35(25(2)3)44-40(52)36(26(4)5)46(11)27(6)7)33(56-13)23-34(50)48-22-16-17-32(48)38(57-14)29(9)39(51)45-43(10,42(54)55)24-30-18-20-31(49)21-19-30/h18-21,25-29,32-33,35-38,49H,15-17,22-24H2,1-14H3,(H,44,52)(H,45,51)(H,54,55)/t28?,29-,32+,33-,35+,36+,37+,38-,43+/m1/s1. The minimum atomic E-state index is -1.65. The van der Waals surface area contributed by atoms with Gasteiger partial charge in [-0.05, 0) is 76.1 Å². The van der Waals surface area contributed by atoms with Gasteiger partial charge in [0, 0.05) is 40.3 Å². The number of likely N-dealkylation sites (N-methyl/N-ethyl adjacent to an activating group) is 2. The van der Waals surface area contributed by atoms with Gasteiger partial charge in [-0.2, -0.15) is 0 Å². The van der Waals surface area contributed by atoms with Gasteiger partial charge in [-0.25, -0.2) is 4.79 Å². The predicted molar refractivity (Wildman–Crippen MR) is 220 cm³/mol. The molecule has 0 radical (unpaired) electrons. The third kappa shape index (κ3) is 12.6. The fourth-order valence-electron chi connectivity index (χ4n) is 8.14. The molecular formula is C43H73N5O9. The first-order valence-corrected chi connectivity index (χ1v) is 20.5. The molecule has 1 fully saturated rings. The summed E-state index contributed by atoms with van der Waals surface area (Å²) < 4.78 is 11.9. The molecule has 1 unspecified atom stereocenters. The number of hydrogen-bond donors (Lipinski definition) is 4. The van der Waals surface area contributed by atoms with E-state index in [0.29, 0.717) is 31.4 Å². The van der Waals surface area contributed by atoms with Crippen molar-refractivity contribution in [2.75, 3.05) is 34.9 Å². The van der Waals surface area contributed by atoms with E-state index in [1.165, 1.54) is 33.3 Å². The van der Waals surface area contributed by atoms with Gasteiger partial charge in [0.2, 0.25) is 23.6 Å². The number of rotatable bonds is 22. The van der Waals surface area contributed by atoms with Crippen LogP contribution in [0.1, 0.15) is 100 Å². The number of nitrogens with one attached hydrogen (secondary N) is 2. The Balaban J connectivity index is 2.32. The van der Waals surface area contributed by atoms with Gasteiger partial charge in [0.1, 0.15) is 17.3 Å². The minimum Gasteiger partial charge on any atom is -0.508 e. The minimum absolute atomic E-state index is 0.0146. The van der Waals surface area contributed by atoms with Crippen molar-refractivity contribution in [1.82, 2.24) is 25.3 Å². The van der Waals surface area contributed by atoms with Crippen molar-refractivity contribution < 1.29 is 43.7 Å². The quantitative estimate of drug-likeness (QED) is 0.132. The lowest BCUT2D eigenvalue weighted by Crippen LogP contribution is -2.60. The van der Waals surface area contributed by atoms with Crippen molar-refractivity contribution in [2.24, 2.45) is 23.7 Å². The highest BCUT2D eigenvalue weighted by Gasteiger charge is 2.45. The maximum atomic E-state index is 14.4. The van der Waals surface area contributed by atoms with E-state index < -0.39 is 59.7 Å². The number of methoxy groups -OCH3 is 2. The van der Waals surface area contributed by atoms with Gasteiger partial charge in [0.25, 0.3) is 0 Å². The van der Waals surface area contributed by atoms with E-state index in [1.807, 2.05) is 67.3 Å². The summed E-state index contributed by atoms with van der Waals surface area (Å²) in [6.45, 7) is 19.4. The second-order valence-electron chi connectivity index (χ2n) is 17.2. The van der Waals surface area contributed by atoms with E-state index in [-0.39, 0.29) is 60.1 Å². The van der Waals surface area contributed by atoms with Crippen LogP contribution in [0.2, 0.25) is 0 Å². The number of hydrogen-bond acceptors (Lipinski definition) is 9. The first-order chi connectivity index (χ1) is 26.6. The molecule has 1 heterocycles. The van der Waals surface area contributed by atoms with Crippen LogP contribution < -0.4 is 10.6 Å². The van der Waals surface area contributed by atoms with Crippen molar-refractivity contribution in [3.05, 3.63) is 29.8 Å². The Morgan fingerprint density at radius 3 is 2.00 bits per heavy atom. The van der Waals surface area contributed by atoms with E-state index in [2.05, 4.69) is 10.6 Å². The Morgan fingerprint density at radius 2 is 1.53 bits per heavy atom. The second kappa shape index (κ2) is 21.9. The number of phenols is 1. The predicted octanol–water partition coefficient (Wildman–Crippen LogP) is 4.32. The normalized spacial score (nSPS) is 19.4. The van der Waals surface area contributed by atoms with Crippen LogP contribution in [0.3, 0.4) is 0 Å². The van der Waals surface area contributed by atoms with E-state index in [9.17, 15) is 34.2 Å². The number of phenolic OH excluding ortho intramolecular Hbond substituents is 1.